The zero-order valence-corrected chi connectivity index (χ0v) is 10.6. The Morgan fingerprint density at radius 3 is 2.27 bits per heavy atom. The van der Waals surface area contributed by atoms with Crippen LogP contribution in [0.3, 0.4) is 0 Å². The maximum absolute atomic E-state index is 9.74. The predicted octanol–water partition coefficient (Wildman–Crippen LogP) is 1.60. The lowest BCUT2D eigenvalue weighted by Gasteiger charge is -2.24. The Morgan fingerprint density at radius 2 is 1.80 bits per heavy atom. The Morgan fingerprint density at radius 1 is 1.20 bits per heavy atom. The van der Waals surface area contributed by atoms with Gasteiger partial charge in [-0.2, -0.15) is 0 Å². The van der Waals surface area contributed by atoms with Crippen LogP contribution in [0.2, 0.25) is 0 Å². The summed E-state index contributed by atoms with van der Waals surface area (Å²) in [5.41, 5.74) is 4.80. The van der Waals surface area contributed by atoms with Gasteiger partial charge in [0.25, 0.3) is 0 Å². The first-order chi connectivity index (χ1) is 7.05. The fraction of sp³-hybridized carbons (Fsp3) is 1.00. The van der Waals surface area contributed by atoms with Gasteiger partial charge < -0.3 is 15.7 Å². The van der Waals surface area contributed by atoms with Crippen molar-refractivity contribution in [2.24, 2.45) is 5.73 Å². The molecule has 0 aliphatic heterocycles. The molecule has 0 radical (unpaired) electrons. The number of hydrogen-bond donors (Lipinski definition) is 2. The van der Waals surface area contributed by atoms with E-state index in [4.69, 9.17) is 5.73 Å². The number of nitrogens with two attached hydrogens (primary N) is 1. The topological polar surface area (TPSA) is 49.5 Å². The van der Waals surface area contributed by atoms with Crippen LogP contribution >= 0.6 is 0 Å². The van der Waals surface area contributed by atoms with Gasteiger partial charge in [0.05, 0.1) is 5.60 Å². The highest BCUT2D eigenvalue weighted by molar-refractivity contribution is 4.73. The standard InChI is InChI=1S/C12H28N2O/c1-4-6-9-14(5-2)10-7-8-12(3,15)11-13/h15H,4-11,13H2,1-3H3. The van der Waals surface area contributed by atoms with Gasteiger partial charge in [-0.25, -0.2) is 0 Å². The molecule has 0 aromatic heterocycles. The molecular weight excluding hydrogens is 188 g/mol. The predicted molar refractivity (Wildman–Crippen MR) is 65.9 cm³/mol. The monoisotopic (exact) mass is 216 g/mol. The van der Waals surface area contributed by atoms with E-state index in [1.54, 1.807) is 0 Å². The van der Waals surface area contributed by atoms with E-state index in [9.17, 15) is 5.11 Å². The average Bonchev–Trinajstić information content (AvgIpc) is 2.23. The lowest BCUT2D eigenvalue weighted by Crippen LogP contribution is -2.35. The van der Waals surface area contributed by atoms with Crippen LogP contribution in [0.1, 0.15) is 46.5 Å². The quantitative estimate of drug-likeness (QED) is 0.615. The summed E-state index contributed by atoms with van der Waals surface area (Å²) >= 11 is 0. The molecule has 0 amide bonds. The molecule has 0 saturated carbocycles. The number of hydrogen-bond acceptors (Lipinski definition) is 3. The van der Waals surface area contributed by atoms with Crippen molar-refractivity contribution in [2.45, 2.75) is 52.1 Å². The summed E-state index contributed by atoms with van der Waals surface area (Å²) in [4.78, 5) is 2.44. The molecule has 0 aliphatic carbocycles. The Balaban J connectivity index is 3.62. The summed E-state index contributed by atoms with van der Waals surface area (Å²) in [6, 6.07) is 0. The van der Waals surface area contributed by atoms with Gasteiger partial charge in [0, 0.05) is 6.54 Å². The average molecular weight is 216 g/mol. The van der Waals surface area contributed by atoms with E-state index < -0.39 is 5.60 Å². The molecule has 0 aromatic rings. The number of nitrogens with zero attached hydrogens (tertiary/aromatic N) is 1. The Hall–Kier alpha value is -0.120. The minimum absolute atomic E-state index is 0.355. The highest BCUT2D eigenvalue weighted by Crippen LogP contribution is 2.10. The van der Waals surface area contributed by atoms with E-state index in [1.807, 2.05) is 6.92 Å². The molecule has 15 heavy (non-hydrogen) atoms. The molecule has 0 heterocycles. The van der Waals surface area contributed by atoms with E-state index in [1.165, 1.54) is 19.4 Å². The maximum Gasteiger partial charge on any atom is 0.0741 e. The third-order valence-electron chi connectivity index (χ3n) is 2.90. The minimum atomic E-state index is -0.676. The molecule has 0 aliphatic rings. The van der Waals surface area contributed by atoms with E-state index in [-0.39, 0.29) is 0 Å². The molecule has 3 N–H and O–H groups in total. The van der Waals surface area contributed by atoms with Crippen molar-refractivity contribution in [1.29, 1.82) is 0 Å². The molecule has 0 aromatic carbocycles. The third-order valence-corrected chi connectivity index (χ3v) is 2.90. The molecule has 3 nitrogen and oxygen atoms in total. The van der Waals surface area contributed by atoms with Gasteiger partial charge in [-0.15, -0.1) is 0 Å². The third kappa shape index (κ3) is 7.77. The van der Waals surface area contributed by atoms with Crippen LogP contribution in [-0.4, -0.2) is 41.8 Å². The molecule has 0 fully saturated rings. The highest BCUT2D eigenvalue weighted by Gasteiger charge is 2.17. The van der Waals surface area contributed by atoms with Crippen LogP contribution in [0.15, 0.2) is 0 Å². The van der Waals surface area contributed by atoms with Crippen molar-refractivity contribution in [1.82, 2.24) is 4.90 Å². The van der Waals surface area contributed by atoms with Gasteiger partial charge >= 0.3 is 0 Å². The van der Waals surface area contributed by atoms with E-state index in [0.29, 0.717) is 6.54 Å². The van der Waals surface area contributed by atoms with Gasteiger partial charge in [-0.05, 0) is 45.8 Å². The van der Waals surface area contributed by atoms with Crippen LogP contribution in [-0.2, 0) is 0 Å². The van der Waals surface area contributed by atoms with E-state index >= 15 is 0 Å². The number of rotatable bonds is 9. The molecule has 0 rings (SSSR count). The van der Waals surface area contributed by atoms with Crippen molar-refractivity contribution in [3.63, 3.8) is 0 Å². The van der Waals surface area contributed by atoms with Gasteiger partial charge in [0.1, 0.15) is 0 Å². The molecule has 92 valence electrons. The molecule has 0 saturated heterocycles. The second-order valence-corrected chi connectivity index (χ2v) is 4.59. The molecular formula is C12H28N2O. The SMILES string of the molecule is CCCCN(CC)CCCC(C)(O)CN. The number of unbranched alkanes of at least 4 members (excludes halogenated alkanes) is 1. The summed E-state index contributed by atoms with van der Waals surface area (Å²) in [7, 11) is 0. The first kappa shape index (κ1) is 14.9. The number of aliphatic hydroxyl groups is 1. The zero-order valence-electron chi connectivity index (χ0n) is 10.6. The van der Waals surface area contributed by atoms with Crippen LogP contribution in [0, 0.1) is 0 Å². The van der Waals surface area contributed by atoms with Crippen molar-refractivity contribution in [3.8, 4) is 0 Å². The molecule has 0 bridgehead atoms. The molecule has 3 heteroatoms. The normalized spacial score (nSPS) is 15.6. The molecule has 1 atom stereocenters. The first-order valence-corrected chi connectivity index (χ1v) is 6.20. The van der Waals surface area contributed by atoms with Crippen LogP contribution in [0.5, 0.6) is 0 Å². The lowest BCUT2D eigenvalue weighted by atomic mass is 10.0. The largest absolute Gasteiger partial charge is 0.389 e. The van der Waals surface area contributed by atoms with Gasteiger partial charge in [0.2, 0.25) is 0 Å². The Bertz CT molecular complexity index is 149. The summed E-state index contributed by atoms with van der Waals surface area (Å²) in [6.07, 6.45) is 4.34. The fourth-order valence-electron chi connectivity index (χ4n) is 1.60. The Kier molecular flexibility index (Phi) is 8.02. The summed E-state index contributed by atoms with van der Waals surface area (Å²) in [6.45, 7) is 9.93. The lowest BCUT2D eigenvalue weighted by molar-refractivity contribution is 0.0545. The van der Waals surface area contributed by atoms with Crippen LogP contribution in [0.25, 0.3) is 0 Å². The van der Waals surface area contributed by atoms with E-state index in [2.05, 4.69) is 18.7 Å². The highest BCUT2D eigenvalue weighted by atomic mass is 16.3. The Labute approximate surface area is 94.6 Å². The summed E-state index contributed by atoms with van der Waals surface area (Å²) in [5, 5.41) is 9.74. The van der Waals surface area contributed by atoms with Crippen LogP contribution in [0.4, 0.5) is 0 Å². The first-order valence-electron chi connectivity index (χ1n) is 6.20. The minimum Gasteiger partial charge on any atom is -0.389 e. The molecule has 0 spiro atoms. The maximum atomic E-state index is 9.74. The second-order valence-electron chi connectivity index (χ2n) is 4.59. The van der Waals surface area contributed by atoms with Crippen molar-refractivity contribution >= 4 is 0 Å². The zero-order chi connectivity index (χ0) is 11.7. The van der Waals surface area contributed by atoms with E-state index in [0.717, 1.165) is 25.9 Å². The van der Waals surface area contributed by atoms with Crippen LogP contribution < -0.4 is 5.73 Å². The fourth-order valence-corrected chi connectivity index (χ4v) is 1.60. The van der Waals surface area contributed by atoms with Crippen molar-refractivity contribution in [3.05, 3.63) is 0 Å². The van der Waals surface area contributed by atoms with Gasteiger partial charge in [0.15, 0.2) is 0 Å². The van der Waals surface area contributed by atoms with Gasteiger partial charge in [-0.3, -0.25) is 0 Å². The summed E-state index contributed by atoms with van der Waals surface area (Å²) < 4.78 is 0. The molecule has 1 unspecified atom stereocenters. The van der Waals surface area contributed by atoms with Gasteiger partial charge in [-0.1, -0.05) is 20.3 Å². The van der Waals surface area contributed by atoms with Crippen molar-refractivity contribution < 1.29 is 5.11 Å². The summed E-state index contributed by atoms with van der Waals surface area (Å²) in [5.74, 6) is 0. The smallest absolute Gasteiger partial charge is 0.0741 e. The van der Waals surface area contributed by atoms with Crippen molar-refractivity contribution in [2.75, 3.05) is 26.2 Å². The second kappa shape index (κ2) is 8.08.